The van der Waals surface area contributed by atoms with Gasteiger partial charge in [0.15, 0.2) is 0 Å². The lowest BCUT2D eigenvalue weighted by Gasteiger charge is -2.39. The second kappa shape index (κ2) is 7.38. The molecule has 0 unspecified atom stereocenters. The van der Waals surface area contributed by atoms with Crippen molar-refractivity contribution in [3.63, 3.8) is 0 Å². The summed E-state index contributed by atoms with van der Waals surface area (Å²) in [4.78, 5) is 29.6. The zero-order valence-corrected chi connectivity index (χ0v) is 14.5. The Morgan fingerprint density at radius 1 is 1.29 bits per heavy atom. The van der Waals surface area contributed by atoms with E-state index in [1.165, 1.54) is 12.5 Å². The number of rotatable bonds is 6. The van der Waals surface area contributed by atoms with Crippen LogP contribution >= 0.6 is 0 Å². The highest BCUT2D eigenvalue weighted by atomic mass is 16.3. The summed E-state index contributed by atoms with van der Waals surface area (Å²) in [6.07, 6.45) is 7.08. The largest absolute Gasteiger partial charge is 0.472 e. The maximum atomic E-state index is 13.0. The lowest BCUT2D eigenvalue weighted by molar-refractivity contribution is -0.137. The van der Waals surface area contributed by atoms with E-state index in [0.717, 1.165) is 45.3 Å². The molecule has 6 nitrogen and oxygen atoms in total. The molecule has 6 heteroatoms. The number of hydrogen-bond acceptors (Lipinski definition) is 4. The fourth-order valence-electron chi connectivity index (χ4n) is 3.48. The number of furan rings is 1. The van der Waals surface area contributed by atoms with Gasteiger partial charge in [-0.05, 0) is 45.2 Å². The maximum absolute atomic E-state index is 13.0. The summed E-state index contributed by atoms with van der Waals surface area (Å²) in [5.74, 6) is -0.217. The molecule has 24 heavy (non-hydrogen) atoms. The van der Waals surface area contributed by atoms with Gasteiger partial charge in [-0.3, -0.25) is 9.59 Å². The smallest absolute Gasteiger partial charge is 0.255 e. The Balaban J connectivity index is 1.61. The van der Waals surface area contributed by atoms with E-state index in [1.807, 2.05) is 0 Å². The molecule has 1 atom stereocenters. The lowest BCUT2D eigenvalue weighted by Crippen LogP contribution is -2.54. The minimum atomic E-state index is -0.516. The zero-order valence-electron chi connectivity index (χ0n) is 14.5. The van der Waals surface area contributed by atoms with Crippen LogP contribution < -0.4 is 5.32 Å². The predicted molar refractivity (Wildman–Crippen MR) is 90.6 cm³/mol. The van der Waals surface area contributed by atoms with Crippen molar-refractivity contribution in [1.29, 1.82) is 0 Å². The van der Waals surface area contributed by atoms with Crippen LogP contribution in [-0.4, -0.2) is 59.4 Å². The van der Waals surface area contributed by atoms with Gasteiger partial charge < -0.3 is 19.5 Å². The van der Waals surface area contributed by atoms with Gasteiger partial charge in [0.1, 0.15) is 12.3 Å². The van der Waals surface area contributed by atoms with Gasteiger partial charge in [-0.15, -0.1) is 0 Å². The van der Waals surface area contributed by atoms with Gasteiger partial charge in [-0.25, -0.2) is 0 Å². The maximum Gasteiger partial charge on any atom is 0.255 e. The number of carbonyl (C=O) groups excluding carboxylic acids is 2. The molecule has 0 bridgehead atoms. The van der Waals surface area contributed by atoms with Crippen LogP contribution in [0.2, 0.25) is 0 Å². The van der Waals surface area contributed by atoms with Crippen molar-refractivity contribution in [2.45, 2.75) is 57.7 Å². The van der Waals surface area contributed by atoms with Crippen molar-refractivity contribution in [3.05, 3.63) is 24.2 Å². The van der Waals surface area contributed by atoms with Crippen LogP contribution in [0, 0.1) is 0 Å². The van der Waals surface area contributed by atoms with Gasteiger partial charge in [0, 0.05) is 25.2 Å². The molecule has 2 amide bonds. The van der Waals surface area contributed by atoms with Crippen LogP contribution in [0.5, 0.6) is 0 Å². The summed E-state index contributed by atoms with van der Waals surface area (Å²) >= 11 is 0. The van der Waals surface area contributed by atoms with Crippen molar-refractivity contribution in [3.8, 4) is 0 Å². The first-order valence-corrected chi connectivity index (χ1v) is 8.97. The highest BCUT2D eigenvalue weighted by Crippen LogP contribution is 2.32. The van der Waals surface area contributed by atoms with E-state index in [9.17, 15) is 9.59 Å². The molecule has 1 N–H and O–H groups in total. The van der Waals surface area contributed by atoms with Gasteiger partial charge in [0.25, 0.3) is 5.91 Å². The Hall–Kier alpha value is -1.82. The number of likely N-dealkylation sites (tertiary alicyclic amines) is 1. The molecule has 2 aliphatic rings. The highest BCUT2D eigenvalue weighted by Gasteiger charge is 2.40. The average molecular weight is 333 g/mol. The third-order valence-electron chi connectivity index (χ3n) is 5.09. The number of piperidine rings is 1. The van der Waals surface area contributed by atoms with Crippen LogP contribution in [0.3, 0.4) is 0 Å². The van der Waals surface area contributed by atoms with Crippen LogP contribution in [0.15, 0.2) is 23.0 Å². The molecule has 2 fully saturated rings. The topological polar surface area (TPSA) is 65.8 Å². The van der Waals surface area contributed by atoms with Crippen molar-refractivity contribution < 1.29 is 14.0 Å². The molecule has 2 heterocycles. The summed E-state index contributed by atoms with van der Waals surface area (Å²) in [7, 11) is 0. The third-order valence-corrected chi connectivity index (χ3v) is 5.09. The van der Waals surface area contributed by atoms with E-state index in [1.54, 1.807) is 13.0 Å². The first kappa shape index (κ1) is 17.0. The molecule has 1 aromatic rings. The molecule has 1 aliphatic heterocycles. The standard InChI is InChI=1S/C18H27N3O3/c1-3-20-9-6-16(7-10-20)21(15-4-5-15)18(23)13(2)19-17(22)14-8-11-24-12-14/h8,11-13,15-16H,3-7,9-10H2,1-2H3,(H,19,22)/t13-/m0/s1. The molecule has 0 spiro atoms. The molecular weight excluding hydrogens is 306 g/mol. The van der Waals surface area contributed by atoms with Crippen molar-refractivity contribution >= 4 is 11.8 Å². The highest BCUT2D eigenvalue weighted by molar-refractivity contribution is 5.97. The Bertz CT molecular complexity index is 560. The number of amides is 2. The molecule has 1 aliphatic carbocycles. The van der Waals surface area contributed by atoms with Crippen LogP contribution in [0.1, 0.15) is 49.9 Å². The molecular formula is C18H27N3O3. The quantitative estimate of drug-likeness (QED) is 0.863. The predicted octanol–water partition coefficient (Wildman–Crippen LogP) is 1.87. The van der Waals surface area contributed by atoms with E-state index in [2.05, 4.69) is 22.0 Å². The molecule has 132 valence electrons. The molecule has 0 radical (unpaired) electrons. The van der Waals surface area contributed by atoms with E-state index in [0.29, 0.717) is 17.6 Å². The zero-order chi connectivity index (χ0) is 17.1. The van der Waals surface area contributed by atoms with E-state index >= 15 is 0 Å². The van der Waals surface area contributed by atoms with Crippen molar-refractivity contribution in [1.82, 2.24) is 15.1 Å². The fourth-order valence-corrected chi connectivity index (χ4v) is 3.48. The van der Waals surface area contributed by atoms with Gasteiger partial charge in [0.2, 0.25) is 5.91 Å². The third kappa shape index (κ3) is 3.80. The molecule has 1 saturated heterocycles. The van der Waals surface area contributed by atoms with Gasteiger partial charge in [0.05, 0.1) is 11.8 Å². The minimum absolute atomic E-state index is 0.0456. The summed E-state index contributed by atoms with van der Waals surface area (Å²) in [5.41, 5.74) is 0.448. The summed E-state index contributed by atoms with van der Waals surface area (Å²) in [6.45, 7) is 7.12. The SMILES string of the molecule is CCN1CCC(N(C(=O)[C@H](C)NC(=O)c2ccoc2)C2CC2)CC1. The Labute approximate surface area is 143 Å². The van der Waals surface area contributed by atoms with Crippen LogP contribution in [0.25, 0.3) is 0 Å². The minimum Gasteiger partial charge on any atom is -0.472 e. The van der Waals surface area contributed by atoms with Gasteiger partial charge in [-0.2, -0.15) is 0 Å². The molecule has 1 saturated carbocycles. The average Bonchev–Trinajstić information content (AvgIpc) is 3.26. The molecule has 3 rings (SSSR count). The summed E-state index contributed by atoms with van der Waals surface area (Å²) < 4.78 is 4.93. The summed E-state index contributed by atoms with van der Waals surface area (Å²) in [6, 6.07) is 1.76. The van der Waals surface area contributed by atoms with Crippen LogP contribution in [-0.2, 0) is 4.79 Å². The van der Waals surface area contributed by atoms with Gasteiger partial charge >= 0.3 is 0 Å². The second-order valence-electron chi connectivity index (χ2n) is 6.85. The first-order chi connectivity index (χ1) is 11.6. The lowest BCUT2D eigenvalue weighted by atomic mass is 10.0. The Morgan fingerprint density at radius 3 is 2.50 bits per heavy atom. The van der Waals surface area contributed by atoms with Crippen molar-refractivity contribution in [2.75, 3.05) is 19.6 Å². The van der Waals surface area contributed by atoms with Crippen LogP contribution in [0.4, 0.5) is 0 Å². The monoisotopic (exact) mass is 333 g/mol. The normalized spacial score (nSPS) is 20.6. The number of hydrogen-bond donors (Lipinski definition) is 1. The number of carbonyl (C=O) groups is 2. The van der Waals surface area contributed by atoms with E-state index < -0.39 is 6.04 Å². The number of nitrogens with one attached hydrogen (secondary N) is 1. The van der Waals surface area contributed by atoms with E-state index in [-0.39, 0.29) is 11.8 Å². The molecule has 1 aromatic heterocycles. The van der Waals surface area contributed by atoms with E-state index in [4.69, 9.17) is 4.42 Å². The number of nitrogens with zero attached hydrogens (tertiary/aromatic N) is 2. The fraction of sp³-hybridized carbons (Fsp3) is 0.667. The van der Waals surface area contributed by atoms with Gasteiger partial charge in [-0.1, -0.05) is 6.92 Å². The Kier molecular flexibility index (Phi) is 5.23. The first-order valence-electron chi connectivity index (χ1n) is 8.97. The Morgan fingerprint density at radius 2 is 1.96 bits per heavy atom. The summed E-state index contributed by atoms with van der Waals surface area (Å²) in [5, 5.41) is 2.80. The second-order valence-corrected chi connectivity index (χ2v) is 6.85. The van der Waals surface area contributed by atoms with Crippen molar-refractivity contribution in [2.24, 2.45) is 0 Å². The molecule has 0 aromatic carbocycles.